The molecule has 2 saturated carbocycles. The molecular formula is C27H40F2O2. The van der Waals surface area contributed by atoms with Gasteiger partial charge < -0.3 is 4.74 Å². The quantitative estimate of drug-likeness (QED) is 0.288. The van der Waals surface area contributed by atoms with Gasteiger partial charge in [0, 0.05) is 0 Å². The second-order valence-electron chi connectivity index (χ2n) is 10.0. The van der Waals surface area contributed by atoms with Crippen molar-refractivity contribution in [3.05, 3.63) is 29.3 Å². The van der Waals surface area contributed by atoms with Crippen LogP contribution in [-0.4, -0.2) is 5.97 Å². The molecule has 0 aromatic heterocycles. The van der Waals surface area contributed by atoms with E-state index in [1.807, 2.05) is 6.92 Å². The summed E-state index contributed by atoms with van der Waals surface area (Å²) in [5.41, 5.74) is 0.438. The van der Waals surface area contributed by atoms with Crippen molar-refractivity contribution >= 4 is 5.97 Å². The number of rotatable bonds is 9. The van der Waals surface area contributed by atoms with E-state index in [4.69, 9.17) is 4.74 Å². The predicted octanol–water partition coefficient (Wildman–Crippen LogP) is 8.33. The van der Waals surface area contributed by atoms with Gasteiger partial charge in [-0.3, -0.25) is 4.79 Å². The average Bonchev–Trinajstić information content (AvgIpc) is 2.78. The highest BCUT2D eigenvalue weighted by molar-refractivity contribution is 5.74. The van der Waals surface area contributed by atoms with Gasteiger partial charge in [-0.05, 0) is 61.5 Å². The van der Waals surface area contributed by atoms with Gasteiger partial charge in [-0.25, -0.2) is 4.39 Å². The Balaban J connectivity index is 1.50. The van der Waals surface area contributed by atoms with Gasteiger partial charge in [0.25, 0.3) is 0 Å². The van der Waals surface area contributed by atoms with Crippen LogP contribution in [0.5, 0.6) is 5.75 Å². The van der Waals surface area contributed by atoms with Crippen molar-refractivity contribution in [1.29, 1.82) is 0 Å². The number of carbonyl (C=O) groups excluding carboxylic acids is 1. The van der Waals surface area contributed by atoms with Crippen molar-refractivity contribution in [2.24, 2.45) is 17.8 Å². The van der Waals surface area contributed by atoms with Crippen LogP contribution < -0.4 is 4.74 Å². The fraction of sp³-hybridized carbons (Fsp3) is 0.741. The van der Waals surface area contributed by atoms with Crippen LogP contribution in [0.2, 0.25) is 0 Å². The number of hydrogen-bond acceptors (Lipinski definition) is 2. The summed E-state index contributed by atoms with van der Waals surface area (Å²) in [5.74, 6) is -1.34. The summed E-state index contributed by atoms with van der Waals surface area (Å²) in [4.78, 5) is 12.4. The van der Waals surface area contributed by atoms with E-state index in [2.05, 4.69) is 6.92 Å². The number of hydrogen-bond donors (Lipinski definition) is 0. The normalized spacial score (nSPS) is 23.5. The summed E-state index contributed by atoms with van der Waals surface area (Å²) in [6.45, 7) is 4.01. The summed E-state index contributed by atoms with van der Waals surface area (Å²) >= 11 is 0. The van der Waals surface area contributed by atoms with Crippen molar-refractivity contribution in [1.82, 2.24) is 0 Å². The Morgan fingerprint density at radius 1 is 0.968 bits per heavy atom. The molecule has 1 aromatic rings. The molecule has 1 atom stereocenters. The highest BCUT2D eigenvalue weighted by Crippen LogP contribution is 2.40. The van der Waals surface area contributed by atoms with Gasteiger partial charge >= 0.3 is 5.97 Å². The molecule has 0 aliphatic heterocycles. The van der Waals surface area contributed by atoms with Gasteiger partial charge in [0.05, 0.1) is 5.92 Å². The van der Waals surface area contributed by atoms with E-state index in [1.54, 1.807) is 6.07 Å². The minimum Gasteiger partial charge on any atom is -0.423 e. The molecule has 0 heterocycles. The molecule has 31 heavy (non-hydrogen) atoms. The smallest absolute Gasteiger partial charge is 0.314 e. The molecule has 174 valence electrons. The Labute approximate surface area is 187 Å². The standard InChI is InChI=1S/C27H40F2O2/c1-3-8-20-13-15-22(16-14-20)23-17-18-24(26(29)25(23)28)31-27(30)19(2)9-7-12-21-10-5-4-6-11-21/h17-22H,3-16H2,1-2H3/t19?,20-,22-. The maximum atomic E-state index is 14.8. The molecule has 3 rings (SSSR count). The number of carbonyl (C=O) groups is 1. The summed E-state index contributed by atoms with van der Waals surface area (Å²) in [6, 6.07) is 3.07. The number of esters is 1. The van der Waals surface area contributed by atoms with E-state index in [0.717, 1.165) is 50.9 Å². The van der Waals surface area contributed by atoms with Gasteiger partial charge in [-0.2, -0.15) is 4.39 Å². The lowest BCUT2D eigenvalue weighted by atomic mass is 9.77. The molecule has 2 aliphatic rings. The van der Waals surface area contributed by atoms with E-state index in [-0.39, 0.29) is 17.6 Å². The molecule has 2 fully saturated rings. The summed E-state index contributed by atoms with van der Waals surface area (Å²) in [7, 11) is 0. The van der Waals surface area contributed by atoms with Crippen LogP contribution in [-0.2, 0) is 4.79 Å². The van der Waals surface area contributed by atoms with Crippen LogP contribution in [0.15, 0.2) is 12.1 Å². The van der Waals surface area contributed by atoms with Crippen LogP contribution in [0.1, 0.15) is 115 Å². The van der Waals surface area contributed by atoms with E-state index >= 15 is 0 Å². The molecule has 1 aromatic carbocycles. The van der Waals surface area contributed by atoms with Gasteiger partial charge in [0.2, 0.25) is 5.82 Å². The molecule has 1 unspecified atom stereocenters. The molecule has 2 nitrogen and oxygen atoms in total. The van der Waals surface area contributed by atoms with Crippen LogP contribution in [0.3, 0.4) is 0 Å². The molecule has 0 N–H and O–H groups in total. The minimum atomic E-state index is -1.02. The molecular weight excluding hydrogens is 394 g/mol. The number of halogens is 2. The lowest BCUT2D eigenvalue weighted by Gasteiger charge is -2.29. The van der Waals surface area contributed by atoms with E-state index in [1.165, 1.54) is 51.0 Å². The highest BCUT2D eigenvalue weighted by atomic mass is 19.2. The molecule has 0 bridgehead atoms. The third-order valence-corrected chi connectivity index (χ3v) is 7.65. The highest BCUT2D eigenvalue weighted by Gasteiger charge is 2.27. The third kappa shape index (κ3) is 6.76. The Morgan fingerprint density at radius 3 is 2.32 bits per heavy atom. The maximum absolute atomic E-state index is 14.8. The Hall–Kier alpha value is -1.45. The molecule has 2 aliphatic carbocycles. The summed E-state index contributed by atoms with van der Waals surface area (Å²) in [6.07, 6.45) is 15.8. The van der Waals surface area contributed by atoms with E-state index in [0.29, 0.717) is 11.5 Å². The predicted molar refractivity (Wildman–Crippen MR) is 121 cm³/mol. The maximum Gasteiger partial charge on any atom is 0.314 e. The van der Waals surface area contributed by atoms with Gasteiger partial charge in [-0.1, -0.05) is 77.7 Å². The first kappa shape index (κ1) is 24.2. The summed E-state index contributed by atoms with van der Waals surface area (Å²) in [5, 5.41) is 0. The third-order valence-electron chi connectivity index (χ3n) is 7.65. The minimum absolute atomic E-state index is 0.0612. The lowest BCUT2D eigenvalue weighted by Crippen LogP contribution is -2.20. The second kappa shape index (κ2) is 12.0. The fourth-order valence-corrected chi connectivity index (χ4v) is 5.63. The molecule has 0 amide bonds. The van der Waals surface area contributed by atoms with Crippen molar-refractivity contribution in [3.63, 3.8) is 0 Å². The van der Waals surface area contributed by atoms with Gasteiger partial charge in [0.1, 0.15) is 0 Å². The largest absolute Gasteiger partial charge is 0.423 e. The Bertz CT molecular complexity index is 703. The van der Waals surface area contributed by atoms with E-state index < -0.39 is 17.6 Å². The van der Waals surface area contributed by atoms with Crippen LogP contribution >= 0.6 is 0 Å². The van der Waals surface area contributed by atoms with Gasteiger partial charge in [0.15, 0.2) is 11.6 Å². The molecule has 4 heteroatoms. The zero-order chi connectivity index (χ0) is 22.2. The second-order valence-corrected chi connectivity index (χ2v) is 10.0. The monoisotopic (exact) mass is 434 g/mol. The first-order valence-electron chi connectivity index (χ1n) is 12.7. The summed E-state index contributed by atoms with van der Waals surface area (Å²) < 4.78 is 34.7. The topological polar surface area (TPSA) is 26.3 Å². The molecule has 0 spiro atoms. The molecule has 0 radical (unpaired) electrons. The Kier molecular flexibility index (Phi) is 9.34. The van der Waals surface area contributed by atoms with Crippen LogP contribution in [0.25, 0.3) is 0 Å². The van der Waals surface area contributed by atoms with Gasteiger partial charge in [-0.15, -0.1) is 0 Å². The van der Waals surface area contributed by atoms with E-state index in [9.17, 15) is 13.6 Å². The Morgan fingerprint density at radius 2 is 1.65 bits per heavy atom. The van der Waals surface area contributed by atoms with Crippen molar-refractivity contribution < 1.29 is 18.3 Å². The van der Waals surface area contributed by atoms with Crippen LogP contribution in [0.4, 0.5) is 8.78 Å². The number of ether oxygens (including phenoxy) is 1. The van der Waals surface area contributed by atoms with Crippen molar-refractivity contribution in [3.8, 4) is 5.75 Å². The zero-order valence-corrected chi connectivity index (χ0v) is 19.4. The van der Waals surface area contributed by atoms with Crippen molar-refractivity contribution in [2.75, 3.05) is 0 Å². The van der Waals surface area contributed by atoms with Crippen LogP contribution in [0, 0.1) is 29.4 Å². The average molecular weight is 435 g/mol. The first-order chi connectivity index (χ1) is 15.0. The SMILES string of the molecule is CCC[C@H]1CC[C@H](c2ccc(OC(=O)C(C)CCCC3CCCCC3)c(F)c2F)CC1. The van der Waals surface area contributed by atoms with Crippen molar-refractivity contribution in [2.45, 2.75) is 110 Å². The zero-order valence-electron chi connectivity index (χ0n) is 19.4. The lowest BCUT2D eigenvalue weighted by molar-refractivity contribution is -0.138. The fourth-order valence-electron chi connectivity index (χ4n) is 5.63. The molecule has 0 saturated heterocycles. The first-order valence-corrected chi connectivity index (χ1v) is 12.7. The number of benzene rings is 1.